The van der Waals surface area contributed by atoms with Crippen molar-refractivity contribution in [3.8, 4) is 11.5 Å². The van der Waals surface area contributed by atoms with E-state index in [-0.39, 0.29) is 28.7 Å². The van der Waals surface area contributed by atoms with E-state index in [9.17, 15) is 9.59 Å². The maximum atomic E-state index is 10.8. The standard InChI is InChI=1S/C11H11ClO6/c1-2-17-8-4-6(11(15)16)3-7(12)10(8)18-5-9(13)14/h3-4H,2,5H2,1H3,(H,13,14)(H,15,16). The first kappa shape index (κ1) is 14.1. The van der Waals surface area contributed by atoms with Gasteiger partial charge in [-0.1, -0.05) is 11.6 Å². The fourth-order valence-corrected chi connectivity index (χ4v) is 1.49. The zero-order valence-electron chi connectivity index (χ0n) is 9.47. The van der Waals surface area contributed by atoms with Crippen molar-refractivity contribution in [3.05, 3.63) is 22.7 Å². The summed E-state index contributed by atoms with van der Waals surface area (Å²) in [6.07, 6.45) is 0. The van der Waals surface area contributed by atoms with Crippen LogP contribution in [0.5, 0.6) is 11.5 Å². The van der Waals surface area contributed by atoms with Gasteiger partial charge in [-0.25, -0.2) is 9.59 Å². The minimum atomic E-state index is -1.17. The van der Waals surface area contributed by atoms with E-state index in [0.717, 1.165) is 0 Å². The third-order valence-electron chi connectivity index (χ3n) is 1.90. The zero-order valence-corrected chi connectivity index (χ0v) is 10.2. The van der Waals surface area contributed by atoms with E-state index < -0.39 is 18.5 Å². The van der Waals surface area contributed by atoms with Crippen molar-refractivity contribution in [2.24, 2.45) is 0 Å². The van der Waals surface area contributed by atoms with Crippen molar-refractivity contribution < 1.29 is 29.3 Å². The monoisotopic (exact) mass is 274 g/mol. The van der Waals surface area contributed by atoms with E-state index in [0.29, 0.717) is 0 Å². The van der Waals surface area contributed by atoms with Gasteiger partial charge >= 0.3 is 11.9 Å². The highest BCUT2D eigenvalue weighted by molar-refractivity contribution is 6.32. The molecule has 1 aromatic carbocycles. The summed E-state index contributed by atoms with van der Waals surface area (Å²) in [6, 6.07) is 2.40. The number of aromatic carboxylic acids is 1. The van der Waals surface area contributed by atoms with Crippen molar-refractivity contribution in [1.29, 1.82) is 0 Å². The van der Waals surface area contributed by atoms with Crippen LogP contribution in [-0.2, 0) is 4.79 Å². The fourth-order valence-electron chi connectivity index (χ4n) is 1.23. The Kier molecular flexibility index (Phi) is 4.79. The van der Waals surface area contributed by atoms with Gasteiger partial charge in [0, 0.05) is 0 Å². The second kappa shape index (κ2) is 6.11. The summed E-state index contributed by atoms with van der Waals surface area (Å²) in [5, 5.41) is 17.4. The van der Waals surface area contributed by atoms with Crippen LogP contribution in [-0.4, -0.2) is 35.4 Å². The molecule has 98 valence electrons. The molecule has 1 aromatic rings. The van der Waals surface area contributed by atoms with Crippen LogP contribution in [0.3, 0.4) is 0 Å². The molecule has 0 aliphatic rings. The van der Waals surface area contributed by atoms with Crippen LogP contribution >= 0.6 is 11.6 Å². The average molecular weight is 275 g/mol. The molecule has 7 heteroatoms. The Morgan fingerprint density at radius 3 is 2.44 bits per heavy atom. The lowest BCUT2D eigenvalue weighted by molar-refractivity contribution is -0.139. The number of carboxylic acid groups (broad SMARTS) is 2. The summed E-state index contributed by atoms with van der Waals surface area (Å²) in [6.45, 7) is 1.37. The molecule has 18 heavy (non-hydrogen) atoms. The molecule has 6 nitrogen and oxygen atoms in total. The van der Waals surface area contributed by atoms with E-state index in [4.69, 9.17) is 31.3 Å². The molecule has 0 spiro atoms. The summed E-state index contributed by atoms with van der Waals surface area (Å²) in [5.74, 6) is -2.21. The molecule has 0 radical (unpaired) electrons. The molecule has 0 fully saturated rings. The van der Waals surface area contributed by atoms with Gasteiger partial charge in [-0.05, 0) is 19.1 Å². The molecule has 0 aromatic heterocycles. The molecular weight excluding hydrogens is 264 g/mol. The maximum Gasteiger partial charge on any atom is 0.341 e. The number of ether oxygens (including phenoxy) is 2. The lowest BCUT2D eigenvalue weighted by atomic mass is 10.2. The van der Waals surface area contributed by atoms with Crippen LogP contribution in [0.15, 0.2) is 12.1 Å². The zero-order chi connectivity index (χ0) is 13.7. The molecule has 1 rings (SSSR count). The Morgan fingerprint density at radius 2 is 1.94 bits per heavy atom. The molecule has 0 heterocycles. The molecule has 2 N–H and O–H groups in total. The SMILES string of the molecule is CCOc1cc(C(=O)O)cc(Cl)c1OCC(=O)O. The van der Waals surface area contributed by atoms with Crippen molar-refractivity contribution in [2.45, 2.75) is 6.92 Å². The van der Waals surface area contributed by atoms with Crippen LogP contribution < -0.4 is 9.47 Å². The highest BCUT2D eigenvalue weighted by Crippen LogP contribution is 2.36. The molecule has 0 atom stereocenters. The number of carbonyl (C=O) groups is 2. The Labute approximate surface area is 108 Å². The summed E-state index contributed by atoms with van der Waals surface area (Å²) in [7, 11) is 0. The maximum absolute atomic E-state index is 10.8. The number of carboxylic acids is 2. The fraction of sp³-hybridized carbons (Fsp3) is 0.273. The number of rotatable bonds is 6. The topological polar surface area (TPSA) is 93.1 Å². The minimum Gasteiger partial charge on any atom is -0.490 e. The van der Waals surface area contributed by atoms with Gasteiger partial charge < -0.3 is 19.7 Å². The minimum absolute atomic E-state index is 0.0143. The quantitative estimate of drug-likeness (QED) is 0.823. The van der Waals surface area contributed by atoms with Gasteiger partial charge in [0.05, 0.1) is 17.2 Å². The van der Waals surface area contributed by atoms with E-state index in [1.165, 1.54) is 12.1 Å². The molecule has 0 unspecified atom stereocenters. The lowest BCUT2D eigenvalue weighted by Gasteiger charge is -2.13. The van der Waals surface area contributed by atoms with E-state index in [1.807, 2.05) is 0 Å². The van der Waals surface area contributed by atoms with Gasteiger partial charge in [0.15, 0.2) is 18.1 Å². The third kappa shape index (κ3) is 3.53. The highest BCUT2D eigenvalue weighted by atomic mass is 35.5. The van der Waals surface area contributed by atoms with Crippen LogP contribution in [0.25, 0.3) is 0 Å². The number of halogens is 1. The van der Waals surface area contributed by atoms with Crippen LogP contribution in [0.1, 0.15) is 17.3 Å². The first-order valence-electron chi connectivity index (χ1n) is 5.00. The Morgan fingerprint density at radius 1 is 1.28 bits per heavy atom. The predicted octanol–water partition coefficient (Wildman–Crippen LogP) is 1.90. The predicted molar refractivity (Wildman–Crippen MR) is 62.7 cm³/mol. The summed E-state index contributed by atoms with van der Waals surface area (Å²) in [4.78, 5) is 21.3. The van der Waals surface area contributed by atoms with Gasteiger partial charge in [0.1, 0.15) is 0 Å². The number of benzene rings is 1. The van der Waals surface area contributed by atoms with Crippen molar-refractivity contribution in [2.75, 3.05) is 13.2 Å². The molecule has 0 saturated carbocycles. The van der Waals surface area contributed by atoms with Crippen molar-refractivity contribution in [1.82, 2.24) is 0 Å². The van der Waals surface area contributed by atoms with E-state index >= 15 is 0 Å². The number of hydrogen-bond donors (Lipinski definition) is 2. The molecule has 0 aliphatic heterocycles. The van der Waals surface area contributed by atoms with Crippen LogP contribution in [0, 0.1) is 0 Å². The Hall–Kier alpha value is -1.95. The van der Waals surface area contributed by atoms with Gasteiger partial charge in [0.25, 0.3) is 0 Å². The van der Waals surface area contributed by atoms with Gasteiger partial charge in [0.2, 0.25) is 0 Å². The Bertz CT molecular complexity index is 471. The highest BCUT2D eigenvalue weighted by Gasteiger charge is 2.16. The first-order valence-corrected chi connectivity index (χ1v) is 5.37. The molecule has 0 aliphatic carbocycles. The van der Waals surface area contributed by atoms with Crippen LogP contribution in [0.4, 0.5) is 0 Å². The largest absolute Gasteiger partial charge is 0.490 e. The van der Waals surface area contributed by atoms with E-state index in [1.54, 1.807) is 6.92 Å². The normalized spacial score (nSPS) is 9.89. The van der Waals surface area contributed by atoms with Crippen LogP contribution in [0.2, 0.25) is 5.02 Å². The summed E-state index contributed by atoms with van der Waals surface area (Å²) < 4.78 is 10.1. The third-order valence-corrected chi connectivity index (χ3v) is 2.18. The van der Waals surface area contributed by atoms with Gasteiger partial charge in [-0.3, -0.25) is 0 Å². The molecular formula is C11H11ClO6. The smallest absolute Gasteiger partial charge is 0.341 e. The average Bonchev–Trinajstić information content (AvgIpc) is 2.27. The number of hydrogen-bond acceptors (Lipinski definition) is 4. The molecule has 0 amide bonds. The van der Waals surface area contributed by atoms with Gasteiger partial charge in [-0.2, -0.15) is 0 Å². The molecule has 0 bridgehead atoms. The van der Waals surface area contributed by atoms with Crippen molar-refractivity contribution >= 4 is 23.5 Å². The summed E-state index contributed by atoms with van der Waals surface area (Å²) in [5.41, 5.74) is -0.0638. The summed E-state index contributed by atoms with van der Waals surface area (Å²) >= 11 is 5.84. The lowest BCUT2D eigenvalue weighted by Crippen LogP contribution is -2.11. The Balaban J connectivity index is 3.13. The van der Waals surface area contributed by atoms with Crippen molar-refractivity contribution in [3.63, 3.8) is 0 Å². The van der Waals surface area contributed by atoms with E-state index in [2.05, 4.69) is 0 Å². The second-order valence-electron chi connectivity index (χ2n) is 3.21. The molecule has 0 saturated heterocycles. The number of aliphatic carboxylic acids is 1. The van der Waals surface area contributed by atoms with Gasteiger partial charge in [-0.15, -0.1) is 0 Å². The first-order chi connectivity index (χ1) is 8.45. The second-order valence-corrected chi connectivity index (χ2v) is 3.61.